The minimum Gasteiger partial charge on any atom is -0.312 e. The summed E-state index contributed by atoms with van der Waals surface area (Å²) in [7, 11) is 0. The van der Waals surface area contributed by atoms with Crippen molar-refractivity contribution in [2.24, 2.45) is 0 Å². The van der Waals surface area contributed by atoms with Crippen molar-refractivity contribution in [3.8, 4) is 0 Å². The van der Waals surface area contributed by atoms with Crippen LogP contribution in [0.1, 0.15) is 31.4 Å². The first-order valence-electron chi connectivity index (χ1n) is 5.63. The highest BCUT2D eigenvalue weighted by molar-refractivity contribution is 5.93. The molecule has 0 bridgehead atoms. The fourth-order valence-electron chi connectivity index (χ4n) is 2.33. The first-order valence-corrected chi connectivity index (χ1v) is 5.63. The van der Waals surface area contributed by atoms with E-state index >= 15 is 0 Å². The lowest BCUT2D eigenvalue weighted by Crippen LogP contribution is -2.34. The lowest BCUT2D eigenvalue weighted by atomic mass is 9.96. The number of rotatable bonds is 1. The Bertz CT molecular complexity index is 370. The standard InChI is InChI=1S/C13H17NO/c1-3-11-6-4-7-12-8-5-9-14(10(2)15)13(11)12/h4,6-7H,3,5,8-9H2,1-2H3. The van der Waals surface area contributed by atoms with Crippen molar-refractivity contribution in [2.45, 2.75) is 33.1 Å². The first kappa shape index (κ1) is 10.2. The Kier molecular flexibility index (Phi) is 2.76. The fourth-order valence-corrected chi connectivity index (χ4v) is 2.33. The van der Waals surface area contributed by atoms with Crippen LogP contribution in [0.25, 0.3) is 0 Å². The quantitative estimate of drug-likeness (QED) is 0.687. The van der Waals surface area contributed by atoms with Crippen LogP contribution in [0, 0.1) is 0 Å². The highest BCUT2D eigenvalue weighted by atomic mass is 16.2. The molecule has 0 saturated carbocycles. The normalized spacial score (nSPS) is 14.9. The van der Waals surface area contributed by atoms with Crippen LogP contribution in [0.5, 0.6) is 0 Å². The van der Waals surface area contributed by atoms with Crippen molar-refractivity contribution in [1.29, 1.82) is 0 Å². The number of hydrogen-bond acceptors (Lipinski definition) is 1. The smallest absolute Gasteiger partial charge is 0.223 e. The molecule has 0 radical (unpaired) electrons. The number of aryl methyl sites for hydroxylation is 2. The Labute approximate surface area is 90.9 Å². The molecular weight excluding hydrogens is 186 g/mol. The molecule has 2 rings (SSSR count). The maximum atomic E-state index is 11.6. The number of para-hydroxylation sites is 1. The van der Waals surface area contributed by atoms with E-state index in [1.54, 1.807) is 6.92 Å². The Hall–Kier alpha value is -1.31. The molecule has 0 unspecified atom stereocenters. The molecule has 0 aliphatic carbocycles. The summed E-state index contributed by atoms with van der Waals surface area (Å²) in [5.41, 5.74) is 3.80. The third-order valence-electron chi connectivity index (χ3n) is 3.06. The zero-order valence-corrected chi connectivity index (χ0v) is 9.42. The summed E-state index contributed by atoms with van der Waals surface area (Å²) in [6.45, 7) is 4.67. The molecule has 0 spiro atoms. The van der Waals surface area contributed by atoms with Gasteiger partial charge >= 0.3 is 0 Å². The summed E-state index contributed by atoms with van der Waals surface area (Å²) in [6, 6.07) is 6.37. The average molecular weight is 203 g/mol. The largest absolute Gasteiger partial charge is 0.312 e. The molecule has 2 nitrogen and oxygen atoms in total. The molecule has 0 fully saturated rings. The Morgan fingerprint density at radius 1 is 1.47 bits per heavy atom. The van der Waals surface area contributed by atoms with Gasteiger partial charge in [-0.15, -0.1) is 0 Å². The number of anilines is 1. The number of carbonyl (C=O) groups excluding carboxylic acids is 1. The van der Waals surface area contributed by atoms with Crippen LogP contribution in [0.4, 0.5) is 5.69 Å². The molecule has 1 aromatic carbocycles. The number of benzene rings is 1. The number of fused-ring (bicyclic) bond motifs is 1. The molecule has 1 aliphatic heterocycles. The molecule has 1 amide bonds. The molecule has 0 aromatic heterocycles. The van der Waals surface area contributed by atoms with E-state index < -0.39 is 0 Å². The van der Waals surface area contributed by atoms with Gasteiger partial charge in [0.05, 0.1) is 0 Å². The topological polar surface area (TPSA) is 20.3 Å². The zero-order valence-electron chi connectivity index (χ0n) is 9.42. The van der Waals surface area contributed by atoms with Gasteiger partial charge in [0, 0.05) is 19.2 Å². The van der Waals surface area contributed by atoms with Crippen molar-refractivity contribution < 1.29 is 4.79 Å². The fraction of sp³-hybridized carbons (Fsp3) is 0.462. The van der Waals surface area contributed by atoms with E-state index in [0.29, 0.717) is 0 Å². The third kappa shape index (κ3) is 1.76. The molecule has 0 saturated heterocycles. The van der Waals surface area contributed by atoms with E-state index in [-0.39, 0.29) is 5.91 Å². The lowest BCUT2D eigenvalue weighted by Gasteiger charge is -2.30. The maximum absolute atomic E-state index is 11.6. The van der Waals surface area contributed by atoms with Crippen molar-refractivity contribution in [3.63, 3.8) is 0 Å². The van der Waals surface area contributed by atoms with Gasteiger partial charge in [-0.25, -0.2) is 0 Å². The van der Waals surface area contributed by atoms with E-state index in [1.807, 2.05) is 4.90 Å². The number of nitrogens with zero attached hydrogens (tertiary/aromatic N) is 1. The highest BCUT2D eigenvalue weighted by Gasteiger charge is 2.21. The van der Waals surface area contributed by atoms with E-state index in [9.17, 15) is 4.79 Å². The van der Waals surface area contributed by atoms with Crippen LogP contribution in [0.15, 0.2) is 18.2 Å². The SMILES string of the molecule is CCc1cccc2c1N(C(C)=O)CCC2. The number of amides is 1. The van der Waals surface area contributed by atoms with Gasteiger partial charge in [-0.3, -0.25) is 4.79 Å². The molecule has 1 aliphatic rings. The maximum Gasteiger partial charge on any atom is 0.223 e. The van der Waals surface area contributed by atoms with Gasteiger partial charge in [0.1, 0.15) is 0 Å². The molecule has 15 heavy (non-hydrogen) atoms. The van der Waals surface area contributed by atoms with E-state index in [1.165, 1.54) is 16.8 Å². The Morgan fingerprint density at radius 2 is 2.27 bits per heavy atom. The van der Waals surface area contributed by atoms with Crippen molar-refractivity contribution >= 4 is 11.6 Å². The Morgan fingerprint density at radius 3 is 2.93 bits per heavy atom. The molecule has 0 atom stereocenters. The van der Waals surface area contributed by atoms with Gasteiger partial charge in [-0.2, -0.15) is 0 Å². The minimum absolute atomic E-state index is 0.164. The van der Waals surface area contributed by atoms with E-state index in [4.69, 9.17) is 0 Å². The average Bonchev–Trinajstić information content (AvgIpc) is 2.27. The second kappa shape index (κ2) is 4.05. The van der Waals surface area contributed by atoms with Crippen LogP contribution < -0.4 is 4.90 Å². The molecule has 1 aromatic rings. The summed E-state index contributed by atoms with van der Waals surface area (Å²) in [6.07, 6.45) is 3.18. The van der Waals surface area contributed by atoms with Gasteiger partial charge in [0.2, 0.25) is 5.91 Å². The summed E-state index contributed by atoms with van der Waals surface area (Å²) in [5, 5.41) is 0. The van der Waals surface area contributed by atoms with Crippen LogP contribution in [0.2, 0.25) is 0 Å². The molecule has 0 N–H and O–H groups in total. The van der Waals surface area contributed by atoms with Crippen LogP contribution in [-0.4, -0.2) is 12.5 Å². The first-order chi connectivity index (χ1) is 7.24. The van der Waals surface area contributed by atoms with Crippen molar-refractivity contribution in [3.05, 3.63) is 29.3 Å². The summed E-state index contributed by atoms with van der Waals surface area (Å²) < 4.78 is 0. The second-order valence-corrected chi connectivity index (χ2v) is 4.05. The predicted octanol–water partition coefficient (Wildman–Crippen LogP) is 2.55. The summed E-state index contributed by atoms with van der Waals surface area (Å²) in [4.78, 5) is 13.5. The second-order valence-electron chi connectivity index (χ2n) is 4.05. The van der Waals surface area contributed by atoms with E-state index in [2.05, 4.69) is 25.1 Å². The summed E-state index contributed by atoms with van der Waals surface area (Å²) in [5.74, 6) is 0.164. The molecule has 80 valence electrons. The van der Waals surface area contributed by atoms with Gasteiger partial charge < -0.3 is 4.90 Å². The van der Waals surface area contributed by atoms with Crippen molar-refractivity contribution in [2.75, 3.05) is 11.4 Å². The molecule has 1 heterocycles. The van der Waals surface area contributed by atoms with Crippen LogP contribution >= 0.6 is 0 Å². The van der Waals surface area contributed by atoms with Crippen LogP contribution in [-0.2, 0) is 17.6 Å². The minimum atomic E-state index is 0.164. The van der Waals surface area contributed by atoms with Gasteiger partial charge in [-0.1, -0.05) is 25.1 Å². The number of hydrogen-bond donors (Lipinski definition) is 0. The monoisotopic (exact) mass is 203 g/mol. The van der Waals surface area contributed by atoms with Crippen molar-refractivity contribution in [1.82, 2.24) is 0 Å². The highest BCUT2D eigenvalue weighted by Crippen LogP contribution is 2.31. The molecular formula is C13H17NO. The molecule has 2 heteroatoms. The van der Waals surface area contributed by atoms with Crippen LogP contribution in [0.3, 0.4) is 0 Å². The van der Waals surface area contributed by atoms with Gasteiger partial charge in [0.25, 0.3) is 0 Å². The number of carbonyl (C=O) groups is 1. The van der Waals surface area contributed by atoms with E-state index in [0.717, 1.165) is 25.8 Å². The Balaban J connectivity index is 2.52. The summed E-state index contributed by atoms with van der Waals surface area (Å²) >= 11 is 0. The zero-order chi connectivity index (χ0) is 10.8. The predicted molar refractivity (Wildman–Crippen MR) is 62.2 cm³/mol. The third-order valence-corrected chi connectivity index (χ3v) is 3.06. The van der Waals surface area contributed by atoms with Gasteiger partial charge in [-0.05, 0) is 30.4 Å². The van der Waals surface area contributed by atoms with Gasteiger partial charge in [0.15, 0.2) is 0 Å². The lowest BCUT2D eigenvalue weighted by molar-refractivity contribution is -0.116.